The molecule has 14 heavy (non-hydrogen) atoms. The van der Waals surface area contributed by atoms with E-state index in [0.717, 1.165) is 12.5 Å². The largest absolute Gasteiger partial charge is 0.332 e. The van der Waals surface area contributed by atoms with Gasteiger partial charge in [0.15, 0.2) is 0 Å². The average Bonchev–Trinajstić information content (AvgIpc) is 2.86. The van der Waals surface area contributed by atoms with Crippen molar-refractivity contribution in [1.82, 2.24) is 9.55 Å². The van der Waals surface area contributed by atoms with Crippen LogP contribution in [0, 0.1) is 0 Å². The van der Waals surface area contributed by atoms with Crippen LogP contribution in [-0.4, -0.2) is 15.1 Å². The summed E-state index contributed by atoms with van der Waals surface area (Å²) < 4.78 is 2.27. The van der Waals surface area contributed by atoms with Crippen LogP contribution < -0.4 is 5.73 Å². The van der Waals surface area contributed by atoms with Crippen LogP contribution in [0.4, 0.5) is 0 Å². The Bertz CT molecular complexity index is 334. The van der Waals surface area contributed by atoms with E-state index < -0.39 is 0 Å². The summed E-state index contributed by atoms with van der Waals surface area (Å²) >= 11 is 0. The molecule has 1 aromatic rings. The molecule has 0 aromatic carbocycles. The lowest BCUT2D eigenvalue weighted by atomic mass is 9.77. The Balaban J connectivity index is 1.78. The third kappa shape index (κ3) is 1.36. The molecule has 76 valence electrons. The van der Waals surface area contributed by atoms with Crippen molar-refractivity contribution in [3.63, 3.8) is 0 Å². The number of nitrogens with two attached hydrogens (primary N) is 1. The Morgan fingerprint density at radius 3 is 2.86 bits per heavy atom. The van der Waals surface area contributed by atoms with Crippen LogP contribution in [0.2, 0.25) is 0 Å². The van der Waals surface area contributed by atoms with Crippen molar-refractivity contribution in [2.75, 3.05) is 0 Å². The second-order valence-corrected chi connectivity index (χ2v) is 4.94. The van der Waals surface area contributed by atoms with Crippen molar-refractivity contribution >= 4 is 0 Å². The zero-order chi connectivity index (χ0) is 9.60. The Hall–Kier alpha value is -0.830. The van der Waals surface area contributed by atoms with Crippen molar-refractivity contribution in [3.05, 3.63) is 18.2 Å². The molecule has 0 bridgehead atoms. The highest BCUT2D eigenvalue weighted by Gasteiger charge is 2.35. The summed E-state index contributed by atoms with van der Waals surface area (Å²) in [6, 6.07) is 0. The third-order valence-corrected chi connectivity index (χ3v) is 3.57. The Labute approximate surface area is 84.3 Å². The number of rotatable bonds is 3. The van der Waals surface area contributed by atoms with Crippen LogP contribution in [0.15, 0.2) is 12.5 Å². The summed E-state index contributed by atoms with van der Waals surface area (Å²) in [5.41, 5.74) is 7.71. The minimum Gasteiger partial charge on any atom is -0.332 e. The van der Waals surface area contributed by atoms with Crippen molar-refractivity contribution in [3.8, 4) is 0 Å². The third-order valence-electron chi connectivity index (χ3n) is 3.57. The first kappa shape index (κ1) is 8.48. The van der Waals surface area contributed by atoms with Crippen LogP contribution in [-0.2, 0) is 6.54 Å². The van der Waals surface area contributed by atoms with Gasteiger partial charge >= 0.3 is 0 Å². The summed E-state index contributed by atoms with van der Waals surface area (Å²) in [4.78, 5) is 4.23. The molecule has 2 aliphatic rings. The molecule has 3 heteroatoms. The second-order valence-electron chi connectivity index (χ2n) is 4.94. The maximum absolute atomic E-state index is 6.23. The molecule has 1 aromatic heterocycles. The molecule has 0 aliphatic heterocycles. The fourth-order valence-electron chi connectivity index (χ4n) is 2.31. The van der Waals surface area contributed by atoms with Gasteiger partial charge in [-0.2, -0.15) is 0 Å². The molecule has 0 spiro atoms. The lowest BCUT2D eigenvalue weighted by Gasteiger charge is -2.38. The first-order chi connectivity index (χ1) is 6.77. The second kappa shape index (κ2) is 2.83. The van der Waals surface area contributed by atoms with E-state index in [1.165, 1.54) is 37.8 Å². The highest BCUT2D eigenvalue weighted by Crippen LogP contribution is 2.40. The van der Waals surface area contributed by atoms with Crippen molar-refractivity contribution in [1.29, 1.82) is 0 Å². The summed E-state index contributed by atoms with van der Waals surface area (Å²) in [6.45, 7) is 0.971. The molecule has 1 heterocycles. The standard InChI is InChI=1S/C11H17N3/c12-11(4-1-5-11)7-14-8-13-6-10(14)9-2-3-9/h6,8-9H,1-5,7,12H2. The van der Waals surface area contributed by atoms with Gasteiger partial charge in [-0.15, -0.1) is 0 Å². The van der Waals surface area contributed by atoms with Crippen LogP contribution in [0.3, 0.4) is 0 Å². The molecule has 0 saturated heterocycles. The van der Waals surface area contributed by atoms with E-state index in [4.69, 9.17) is 5.73 Å². The highest BCUT2D eigenvalue weighted by molar-refractivity contribution is 5.13. The first-order valence-corrected chi connectivity index (χ1v) is 5.56. The molecule has 3 rings (SSSR count). The predicted molar refractivity (Wildman–Crippen MR) is 55.0 cm³/mol. The molecule has 0 amide bonds. The molecule has 2 saturated carbocycles. The minimum atomic E-state index is 0.0737. The van der Waals surface area contributed by atoms with E-state index in [9.17, 15) is 0 Å². The molecule has 2 N–H and O–H groups in total. The van der Waals surface area contributed by atoms with Crippen LogP contribution in [0.25, 0.3) is 0 Å². The van der Waals surface area contributed by atoms with Gasteiger partial charge in [-0.3, -0.25) is 0 Å². The van der Waals surface area contributed by atoms with Crippen molar-refractivity contribution in [2.45, 2.75) is 50.1 Å². The van der Waals surface area contributed by atoms with E-state index >= 15 is 0 Å². The smallest absolute Gasteiger partial charge is 0.0948 e. The van der Waals surface area contributed by atoms with E-state index in [1.54, 1.807) is 0 Å². The number of aromatic nitrogens is 2. The summed E-state index contributed by atoms with van der Waals surface area (Å²) in [7, 11) is 0. The predicted octanol–water partition coefficient (Wildman–Crippen LogP) is 1.64. The van der Waals surface area contributed by atoms with Crippen molar-refractivity contribution in [2.24, 2.45) is 5.73 Å². The van der Waals surface area contributed by atoms with E-state index in [0.29, 0.717) is 0 Å². The Kier molecular flexibility index (Phi) is 1.71. The lowest BCUT2D eigenvalue weighted by Crippen LogP contribution is -2.50. The van der Waals surface area contributed by atoms with Gasteiger partial charge in [0.1, 0.15) is 0 Å². The fourth-order valence-corrected chi connectivity index (χ4v) is 2.31. The first-order valence-electron chi connectivity index (χ1n) is 5.56. The van der Waals surface area contributed by atoms with E-state index in [1.807, 2.05) is 12.5 Å². The number of nitrogens with zero attached hydrogens (tertiary/aromatic N) is 2. The van der Waals surface area contributed by atoms with Crippen molar-refractivity contribution < 1.29 is 0 Å². The maximum Gasteiger partial charge on any atom is 0.0948 e. The minimum absolute atomic E-state index is 0.0737. The van der Waals surface area contributed by atoms with E-state index in [-0.39, 0.29) is 5.54 Å². The normalized spacial score (nSPS) is 24.6. The molecule has 3 nitrogen and oxygen atoms in total. The molecular formula is C11H17N3. The van der Waals surface area contributed by atoms with Gasteiger partial charge in [-0.25, -0.2) is 4.98 Å². The van der Waals surface area contributed by atoms with Gasteiger partial charge in [0.05, 0.1) is 6.33 Å². The van der Waals surface area contributed by atoms with Crippen LogP contribution >= 0.6 is 0 Å². The molecular weight excluding hydrogens is 174 g/mol. The number of imidazole rings is 1. The molecule has 0 radical (unpaired) electrons. The van der Waals surface area contributed by atoms with Gasteiger partial charge in [-0.05, 0) is 32.1 Å². The lowest BCUT2D eigenvalue weighted by molar-refractivity contribution is 0.213. The summed E-state index contributed by atoms with van der Waals surface area (Å²) in [5, 5.41) is 0. The molecule has 0 unspecified atom stereocenters. The zero-order valence-corrected chi connectivity index (χ0v) is 8.45. The zero-order valence-electron chi connectivity index (χ0n) is 8.45. The van der Waals surface area contributed by atoms with Gasteiger partial charge in [0.2, 0.25) is 0 Å². The fraction of sp³-hybridized carbons (Fsp3) is 0.727. The monoisotopic (exact) mass is 191 g/mol. The summed E-state index contributed by atoms with van der Waals surface area (Å²) in [5.74, 6) is 0.779. The molecule has 2 aliphatic carbocycles. The quantitative estimate of drug-likeness (QED) is 0.789. The topological polar surface area (TPSA) is 43.8 Å². The summed E-state index contributed by atoms with van der Waals surface area (Å²) in [6.07, 6.45) is 10.3. The van der Waals surface area contributed by atoms with Gasteiger partial charge in [-0.1, -0.05) is 0 Å². The van der Waals surface area contributed by atoms with Crippen LogP contribution in [0.1, 0.15) is 43.7 Å². The van der Waals surface area contributed by atoms with Gasteiger partial charge < -0.3 is 10.3 Å². The number of hydrogen-bond acceptors (Lipinski definition) is 2. The van der Waals surface area contributed by atoms with E-state index in [2.05, 4.69) is 9.55 Å². The van der Waals surface area contributed by atoms with Gasteiger partial charge in [0.25, 0.3) is 0 Å². The SMILES string of the molecule is NC1(Cn2cncc2C2CC2)CCC1. The molecule has 0 atom stereocenters. The Morgan fingerprint density at radius 2 is 2.29 bits per heavy atom. The average molecular weight is 191 g/mol. The van der Waals surface area contributed by atoms with Gasteiger partial charge in [0, 0.05) is 29.9 Å². The molecule has 2 fully saturated rings. The maximum atomic E-state index is 6.23. The highest BCUT2D eigenvalue weighted by atomic mass is 15.1. The number of hydrogen-bond donors (Lipinski definition) is 1. The van der Waals surface area contributed by atoms with Crippen LogP contribution in [0.5, 0.6) is 0 Å². The Morgan fingerprint density at radius 1 is 1.50 bits per heavy atom.